The molecule has 2 aliphatic carbocycles. The van der Waals surface area contributed by atoms with Crippen LogP contribution in [0.2, 0.25) is 0 Å². The summed E-state index contributed by atoms with van der Waals surface area (Å²) >= 11 is 0. The summed E-state index contributed by atoms with van der Waals surface area (Å²) in [6.07, 6.45) is 2.47. The predicted octanol–water partition coefficient (Wildman–Crippen LogP) is 2.81. The number of hydrogen-bond donors (Lipinski definition) is 2. The van der Waals surface area contributed by atoms with E-state index in [-0.39, 0.29) is 5.41 Å². The summed E-state index contributed by atoms with van der Waals surface area (Å²) in [5.41, 5.74) is 3.67. The molecule has 2 N–H and O–H groups in total. The van der Waals surface area contributed by atoms with Crippen molar-refractivity contribution in [2.24, 2.45) is 11.3 Å². The van der Waals surface area contributed by atoms with E-state index in [0.29, 0.717) is 12.3 Å². The van der Waals surface area contributed by atoms with Crippen LogP contribution >= 0.6 is 0 Å². The second-order valence-electron chi connectivity index (χ2n) is 6.18. The fraction of sp³-hybridized carbons (Fsp3) is 0.733. The minimum atomic E-state index is -0.604. The lowest BCUT2D eigenvalue weighted by atomic mass is 9.59. The molecular weight excluding hydrogens is 212 g/mol. The molecule has 4 atom stereocenters. The molecule has 0 aliphatic heterocycles. The number of hydrogen-bond acceptors (Lipinski definition) is 2. The largest absolute Gasteiger partial charge is 0.390 e. The lowest BCUT2D eigenvalue weighted by molar-refractivity contribution is -0.0639. The van der Waals surface area contributed by atoms with Crippen LogP contribution in [0.4, 0.5) is 0 Å². The van der Waals surface area contributed by atoms with Gasteiger partial charge in [0.1, 0.15) is 0 Å². The Morgan fingerprint density at radius 1 is 1.35 bits per heavy atom. The predicted molar refractivity (Wildman–Crippen MR) is 69.6 cm³/mol. The maximum absolute atomic E-state index is 10.3. The molecule has 0 spiro atoms. The summed E-state index contributed by atoms with van der Waals surface area (Å²) in [5.74, 6) is 0.551. The maximum atomic E-state index is 10.3. The summed E-state index contributed by atoms with van der Waals surface area (Å²) < 4.78 is 0. The van der Waals surface area contributed by atoms with Crippen LogP contribution in [0.3, 0.4) is 0 Å². The van der Waals surface area contributed by atoms with Crippen LogP contribution in [0.15, 0.2) is 23.3 Å². The van der Waals surface area contributed by atoms with E-state index in [9.17, 15) is 10.2 Å². The quantitative estimate of drug-likeness (QED) is 0.687. The zero-order chi connectivity index (χ0) is 12.8. The Bertz CT molecular complexity index is 369. The SMILES string of the molecule is C=C(C)[C@@H]1CC[C@]2(C)C(=C(C)C[C@H](O)[C@H]2O)C1. The Balaban J connectivity index is 2.35. The lowest BCUT2D eigenvalue weighted by Gasteiger charge is -2.49. The average molecular weight is 236 g/mol. The van der Waals surface area contributed by atoms with Gasteiger partial charge in [-0.25, -0.2) is 0 Å². The minimum Gasteiger partial charge on any atom is -0.390 e. The Kier molecular flexibility index (Phi) is 3.21. The van der Waals surface area contributed by atoms with Crippen LogP contribution in [0.25, 0.3) is 0 Å². The van der Waals surface area contributed by atoms with Gasteiger partial charge in [-0.1, -0.05) is 30.2 Å². The van der Waals surface area contributed by atoms with Gasteiger partial charge < -0.3 is 10.2 Å². The van der Waals surface area contributed by atoms with Crippen molar-refractivity contribution in [1.29, 1.82) is 0 Å². The summed E-state index contributed by atoms with van der Waals surface area (Å²) in [6, 6.07) is 0. The van der Waals surface area contributed by atoms with E-state index in [1.165, 1.54) is 16.7 Å². The first kappa shape index (κ1) is 12.8. The van der Waals surface area contributed by atoms with Gasteiger partial charge in [0.2, 0.25) is 0 Å². The molecule has 0 aromatic rings. The molecule has 0 saturated heterocycles. The van der Waals surface area contributed by atoms with Crippen molar-refractivity contribution in [2.45, 2.75) is 58.7 Å². The molecule has 96 valence electrons. The Labute approximate surface area is 104 Å². The van der Waals surface area contributed by atoms with Gasteiger partial charge in [0, 0.05) is 5.41 Å². The fourth-order valence-corrected chi connectivity index (χ4v) is 3.59. The van der Waals surface area contributed by atoms with Crippen molar-refractivity contribution < 1.29 is 10.2 Å². The highest BCUT2D eigenvalue weighted by atomic mass is 16.3. The third-order valence-corrected chi connectivity index (χ3v) is 4.90. The van der Waals surface area contributed by atoms with Gasteiger partial charge in [-0.05, 0) is 45.4 Å². The molecule has 1 fully saturated rings. The number of aliphatic hydroxyl groups is 2. The smallest absolute Gasteiger partial charge is 0.0892 e. The number of rotatable bonds is 1. The molecule has 2 aliphatic rings. The first-order chi connectivity index (χ1) is 7.86. The van der Waals surface area contributed by atoms with Crippen LogP contribution in [0.5, 0.6) is 0 Å². The van der Waals surface area contributed by atoms with Gasteiger partial charge in [-0.3, -0.25) is 0 Å². The summed E-state index contributed by atoms with van der Waals surface area (Å²) in [4.78, 5) is 0. The second kappa shape index (κ2) is 4.25. The molecule has 0 aromatic carbocycles. The molecule has 1 saturated carbocycles. The first-order valence-corrected chi connectivity index (χ1v) is 6.57. The first-order valence-electron chi connectivity index (χ1n) is 6.57. The van der Waals surface area contributed by atoms with Crippen LogP contribution in [0, 0.1) is 11.3 Å². The van der Waals surface area contributed by atoms with E-state index in [0.717, 1.165) is 19.3 Å². The third-order valence-electron chi connectivity index (χ3n) is 4.90. The van der Waals surface area contributed by atoms with Gasteiger partial charge in [0.15, 0.2) is 0 Å². The van der Waals surface area contributed by atoms with Crippen molar-refractivity contribution in [3.8, 4) is 0 Å². The van der Waals surface area contributed by atoms with Crippen LogP contribution < -0.4 is 0 Å². The zero-order valence-corrected chi connectivity index (χ0v) is 11.2. The van der Waals surface area contributed by atoms with Crippen molar-refractivity contribution in [1.82, 2.24) is 0 Å². The molecular formula is C15H24O2. The van der Waals surface area contributed by atoms with Gasteiger partial charge in [-0.15, -0.1) is 0 Å². The van der Waals surface area contributed by atoms with E-state index in [2.05, 4.69) is 27.4 Å². The molecule has 0 amide bonds. The van der Waals surface area contributed by atoms with Crippen molar-refractivity contribution >= 4 is 0 Å². The number of aliphatic hydroxyl groups excluding tert-OH is 2. The monoisotopic (exact) mass is 236 g/mol. The van der Waals surface area contributed by atoms with Gasteiger partial charge in [0.05, 0.1) is 12.2 Å². The van der Waals surface area contributed by atoms with Crippen LogP contribution in [-0.2, 0) is 0 Å². The molecule has 0 bridgehead atoms. The van der Waals surface area contributed by atoms with Gasteiger partial charge in [0.25, 0.3) is 0 Å². The molecule has 0 unspecified atom stereocenters. The average Bonchev–Trinajstić information content (AvgIpc) is 2.26. The van der Waals surface area contributed by atoms with Crippen LogP contribution in [0.1, 0.15) is 46.5 Å². The fourth-order valence-electron chi connectivity index (χ4n) is 3.59. The zero-order valence-electron chi connectivity index (χ0n) is 11.2. The highest BCUT2D eigenvalue weighted by Crippen LogP contribution is 2.52. The second-order valence-corrected chi connectivity index (χ2v) is 6.18. The summed E-state index contributed by atoms with van der Waals surface area (Å²) in [7, 11) is 0. The normalized spacial score (nSPS) is 42.3. The molecule has 2 rings (SSSR count). The molecule has 2 heteroatoms. The topological polar surface area (TPSA) is 40.5 Å². The molecule has 17 heavy (non-hydrogen) atoms. The van der Waals surface area contributed by atoms with E-state index >= 15 is 0 Å². The lowest BCUT2D eigenvalue weighted by Crippen LogP contribution is -2.48. The molecule has 2 nitrogen and oxygen atoms in total. The van der Waals surface area contributed by atoms with E-state index in [4.69, 9.17) is 0 Å². The van der Waals surface area contributed by atoms with Gasteiger partial charge in [-0.2, -0.15) is 0 Å². The van der Waals surface area contributed by atoms with Gasteiger partial charge >= 0.3 is 0 Å². The minimum absolute atomic E-state index is 0.215. The molecule has 0 heterocycles. The van der Waals surface area contributed by atoms with E-state index in [1.807, 2.05) is 0 Å². The summed E-state index contributed by atoms with van der Waals surface area (Å²) in [6.45, 7) is 10.4. The van der Waals surface area contributed by atoms with Crippen molar-refractivity contribution in [3.05, 3.63) is 23.3 Å². The highest BCUT2D eigenvalue weighted by Gasteiger charge is 2.47. The van der Waals surface area contributed by atoms with E-state index < -0.39 is 12.2 Å². The highest BCUT2D eigenvalue weighted by molar-refractivity contribution is 5.31. The molecule has 0 aromatic heterocycles. The maximum Gasteiger partial charge on any atom is 0.0892 e. The molecule has 0 radical (unpaired) electrons. The Morgan fingerprint density at radius 3 is 2.59 bits per heavy atom. The standard InChI is InChI=1S/C15H24O2/c1-9(2)11-5-6-15(4)12(8-11)10(3)7-13(16)14(15)17/h11,13-14,16-17H,1,5-8H2,2-4H3/t11-,13+,14-,15-/m1/s1. The van der Waals surface area contributed by atoms with E-state index in [1.54, 1.807) is 0 Å². The Morgan fingerprint density at radius 2 is 2.00 bits per heavy atom. The van der Waals surface area contributed by atoms with Crippen LogP contribution in [-0.4, -0.2) is 22.4 Å². The third kappa shape index (κ3) is 1.98. The van der Waals surface area contributed by atoms with Crippen molar-refractivity contribution in [3.63, 3.8) is 0 Å². The van der Waals surface area contributed by atoms with Crippen molar-refractivity contribution in [2.75, 3.05) is 0 Å². The number of allylic oxidation sites excluding steroid dienone is 1. The number of fused-ring (bicyclic) bond motifs is 1. The summed E-state index contributed by atoms with van der Waals surface area (Å²) in [5, 5.41) is 20.2. The Hall–Kier alpha value is -0.600.